The molecule has 0 N–H and O–H groups in total. The standard InChI is InChI=1S/Al.Ni.H2O4S/c;;1-5(2,3)4/h;;(H2,1,2,3,4)/q;+2;/p-2. The molecule has 0 spiro atoms. The first kappa shape index (κ1) is 15.7. The summed E-state index contributed by atoms with van der Waals surface area (Å²) < 4.78 is 34.1. The van der Waals surface area contributed by atoms with Crippen molar-refractivity contribution in [2.24, 2.45) is 0 Å². The third kappa shape index (κ3) is 206. The van der Waals surface area contributed by atoms with Crippen molar-refractivity contribution in [3.63, 3.8) is 0 Å². The van der Waals surface area contributed by atoms with Crippen LogP contribution in [0.1, 0.15) is 0 Å². The average Bonchev–Trinajstić information content (AvgIpc) is 0.722. The van der Waals surface area contributed by atoms with Crippen LogP contribution in [0.15, 0.2) is 0 Å². The summed E-state index contributed by atoms with van der Waals surface area (Å²) in [5, 5.41) is 0. The SMILES string of the molecule is O=S(=O)([O-])[O-].[Al].[Ni+2]. The van der Waals surface area contributed by atoms with Crippen molar-refractivity contribution in [1.82, 2.24) is 0 Å². The molecule has 3 radical (unpaired) electrons. The second-order valence-electron chi connectivity index (χ2n) is 0.408. The molecular formula is AlNiO4S. The summed E-state index contributed by atoms with van der Waals surface area (Å²) in [5.41, 5.74) is 0. The van der Waals surface area contributed by atoms with Crippen LogP contribution in [0.2, 0.25) is 0 Å². The van der Waals surface area contributed by atoms with E-state index < -0.39 is 10.4 Å². The van der Waals surface area contributed by atoms with Crippen molar-refractivity contribution >= 4 is 27.8 Å². The molecular weight excluding hydrogens is 182 g/mol. The number of hydrogen-bond acceptors (Lipinski definition) is 4. The maximum atomic E-state index is 8.52. The van der Waals surface area contributed by atoms with E-state index in [0.717, 1.165) is 0 Å². The van der Waals surface area contributed by atoms with E-state index in [9.17, 15) is 0 Å². The Labute approximate surface area is 61.9 Å². The van der Waals surface area contributed by atoms with Crippen LogP contribution in [0.5, 0.6) is 0 Å². The van der Waals surface area contributed by atoms with Crippen LogP contribution < -0.4 is 0 Å². The Balaban J connectivity index is -0.0000000800. The molecule has 4 nitrogen and oxygen atoms in total. The molecule has 0 bridgehead atoms. The molecule has 0 aliphatic heterocycles. The second kappa shape index (κ2) is 5.04. The van der Waals surface area contributed by atoms with E-state index in [1.54, 1.807) is 0 Å². The van der Waals surface area contributed by atoms with Crippen molar-refractivity contribution in [2.75, 3.05) is 0 Å². The first-order valence-electron chi connectivity index (χ1n) is 0.667. The predicted molar refractivity (Wildman–Crippen MR) is 16.2 cm³/mol. The maximum Gasteiger partial charge on any atom is 2.00 e. The normalized spacial score (nSPS) is 8.29. The molecule has 0 aromatic carbocycles. The summed E-state index contributed by atoms with van der Waals surface area (Å²) in [7, 11) is -5.17. The molecule has 43 valence electrons. The van der Waals surface area contributed by atoms with Gasteiger partial charge in [-0.15, -0.1) is 0 Å². The van der Waals surface area contributed by atoms with Crippen molar-refractivity contribution in [1.29, 1.82) is 0 Å². The van der Waals surface area contributed by atoms with Crippen LogP contribution in [-0.4, -0.2) is 34.9 Å². The fraction of sp³-hybridized carbons (Fsp3) is 0. The van der Waals surface area contributed by atoms with Crippen molar-refractivity contribution in [3.05, 3.63) is 0 Å². The van der Waals surface area contributed by atoms with Gasteiger partial charge < -0.3 is 9.11 Å². The van der Waals surface area contributed by atoms with E-state index in [1.165, 1.54) is 0 Å². The smallest absolute Gasteiger partial charge is 0.759 e. The molecule has 7 heavy (non-hydrogen) atoms. The van der Waals surface area contributed by atoms with Gasteiger partial charge in [0.05, 0.1) is 0 Å². The van der Waals surface area contributed by atoms with Crippen molar-refractivity contribution in [2.45, 2.75) is 0 Å². The van der Waals surface area contributed by atoms with E-state index in [2.05, 4.69) is 0 Å². The molecule has 7 heteroatoms. The van der Waals surface area contributed by atoms with Gasteiger partial charge in [-0.25, -0.2) is 0 Å². The number of hydrogen-bond donors (Lipinski definition) is 0. The first-order valence-corrected chi connectivity index (χ1v) is 2.00. The van der Waals surface area contributed by atoms with Gasteiger partial charge in [-0.3, -0.25) is 8.42 Å². The van der Waals surface area contributed by atoms with Crippen LogP contribution in [0, 0.1) is 0 Å². The Kier molecular flexibility index (Phi) is 11.3. The van der Waals surface area contributed by atoms with Gasteiger partial charge in [0.1, 0.15) is 0 Å². The van der Waals surface area contributed by atoms with Gasteiger partial charge in [0.2, 0.25) is 0 Å². The monoisotopic (exact) mass is 181 g/mol. The topological polar surface area (TPSA) is 80.3 Å². The van der Waals surface area contributed by atoms with Gasteiger partial charge in [0.15, 0.2) is 0 Å². The molecule has 0 unspecified atom stereocenters. The van der Waals surface area contributed by atoms with Gasteiger partial charge in [-0.1, -0.05) is 0 Å². The molecule has 0 aromatic rings. The third-order valence-corrected chi connectivity index (χ3v) is 0. The van der Waals surface area contributed by atoms with Gasteiger partial charge in [0, 0.05) is 27.8 Å². The molecule has 0 atom stereocenters. The van der Waals surface area contributed by atoms with E-state index in [-0.39, 0.29) is 33.9 Å². The molecule has 0 heterocycles. The van der Waals surface area contributed by atoms with Crippen LogP contribution in [0.3, 0.4) is 0 Å². The van der Waals surface area contributed by atoms with E-state index in [1.807, 2.05) is 0 Å². The van der Waals surface area contributed by atoms with Crippen LogP contribution in [0.25, 0.3) is 0 Å². The average molecular weight is 182 g/mol. The fourth-order valence-corrected chi connectivity index (χ4v) is 0. The third-order valence-electron chi connectivity index (χ3n) is 0. The zero-order valence-corrected chi connectivity index (χ0v) is 5.89. The van der Waals surface area contributed by atoms with Crippen LogP contribution >= 0.6 is 0 Å². The zero-order valence-electron chi connectivity index (χ0n) is 2.93. The Bertz CT molecular complexity index is 94.9. The Morgan fingerprint density at radius 2 is 1.14 bits per heavy atom. The minimum absolute atomic E-state index is 0. The fourth-order valence-electron chi connectivity index (χ4n) is 0. The molecule has 0 amide bonds. The predicted octanol–water partition coefficient (Wildman–Crippen LogP) is -1.72. The summed E-state index contributed by atoms with van der Waals surface area (Å²) in [6.45, 7) is 0. The Morgan fingerprint density at radius 1 is 1.14 bits per heavy atom. The van der Waals surface area contributed by atoms with Gasteiger partial charge >= 0.3 is 16.5 Å². The summed E-state index contributed by atoms with van der Waals surface area (Å²) >= 11 is 0. The van der Waals surface area contributed by atoms with Gasteiger partial charge in [-0.05, 0) is 0 Å². The molecule has 0 aromatic heterocycles. The number of rotatable bonds is 0. The summed E-state index contributed by atoms with van der Waals surface area (Å²) in [6.07, 6.45) is 0. The van der Waals surface area contributed by atoms with Gasteiger partial charge in [-0.2, -0.15) is 0 Å². The molecule has 0 rings (SSSR count). The maximum absolute atomic E-state index is 8.52. The van der Waals surface area contributed by atoms with Gasteiger partial charge in [0.25, 0.3) is 0 Å². The van der Waals surface area contributed by atoms with E-state index in [0.29, 0.717) is 0 Å². The van der Waals surface area contributed by atoms with E-state index in [4.69, 9.17) is 17.5 Å². The quantitative estimate of drug-likeness (QED) is 0.253. The first-order chi connectivity index (χ1) is 2.00. The van der Waals surface area contributed by atoms with Crippen molar-refractivity contribution in [3.8, 4) is 0 Å². The Morgan fingerprint density at radius 3 is 1.14 bits per heavy atom. The van der Waals surface area contributed by atoms with E-state index >= 15 is 0 Å². The summed E-state index contributed by atoms with van der Waals surface area (Å²) in [6, 6.07) is 0. The zero-order chi connectivity index (χ0) is 4.50. The molecule has 0 saturated heterocycles. The largest absolute Gasteiger partial charge is 2.00 e. The molecule has 0 saturated carbocycles. The summed E-state index contributed by atoms with van der Waals surface area (Å²) in [4.78, 5) is 0. The molecule has 0 aliphatic rings. The second-order valence-corrected chi connectivity index (χ2v) is 1.22. The molecule has 0 aliphatic carbocycles. The van der Waals surface area contributed by atoms with Crippen LogP contribution in [0.4, 0.5) is 0 Å². The van der Waals surface area contributed by atoms with Crippen molar-refractivity contribution < 1.29 is 34.0 Å². The summed E-state index contributed by atoms with van der Waals surface area (Å²) in [5.74, 6) is 0. The minimum atomic E-state index is -5.17. The van der Waals surface area contributed by atoms with Crippen LogP contribution in [-0.2, 0) is 26.9 Å². The minimum Gasteiger partial charge on any atom is -0.759 e. The molecule has 0 fully saturated rings. The Hall–Kier alpha value is 0.896.